The Morgan fingerprint density at radius 3 is 2.17 bits per heavy atom. The van der Waals surface area contributed by atoms with Crippen molar-refractivity contribution in [2.75, 3.05) is 12.9 Å². The number of nitrogens with two attached hydrogens (primary N) is 1. The fraction of sp³-hybridized carbons (Fsp3) is 0.714. The fourth-order valence-corrected chi connectivity index (χ4v) is 2.64. The van der Waals surface area contributed by atoms with E-state index >= 15 is 0 Å². The van der Waals surface area contributed by atoms with E-state index in [1.165, 1.54) is 0 Å². The van der Waals surface area contributed by atoms with Crippen LogP contribution in [-0.2, 0) is 28.7 Å². The first kappa shape index (κ1) is 21.4. The van der Waals surface area contributed by atoms with Gasteiger partial charge in [-0.3, -0.25) is 14.4 Å². The molecule has 0 radical (unpaired) electrons. The van der Waals surface area contributed by atoms with E-state index in [2.05, 4.69) is 4.74 Å². The van der Waals surface area contributed by atoms with Gasteiger partial charge in [-0.05, 0) is 12.8 Å². The van der Waals surface area contributed by atoms with Crippen LogP contribution in [0.1, 0.15) is 33.1 Å². The number of carboxylic acids is 1. The molecule has 0 aliphatic carbocycles. The Morgan fingerprint density at radius 1 is 1.17 bits per heavy atom. The number of rotatable bonds is 11. The number of hydrogen-bond donors (Lipinski definition) is 2. The summed E-state index contributed by atoms with van der Waals surface area (Å²) >= 11 is 0.858. The zero-order valence-electron chi connectivity index (χ0n) is 13.4. The summed E-state index contributed by atoms with van der Waals surface area (Å²) in [6.07, 6.45) is 0.384. The number of methoxy groups -OCH3 is 1. The van der Waals surface area contributed by atoms with Gasteiger partial charge in [-0.2, -0.15) is 0 Å². The smallest absolute Gasteiger partial charge is 0.374 e. The van der Waals surface area contributed by atoms with Crippen molar-refractivity contribution in [1.82, 2.24) is 0 Å². The third-order valence-electron chi connectivity index (χ3n) is 3.04. The first-order valence-corrected chi connectivity index (χ1v) is 8.23. The molecule has 0 spiro atoms. The molecule has 0 fully saturated rings. The van der Waals surface area contributed by atoms with Gasteiger partial charge in [0.1, 0.15) is 17.4 Å². The molecule has 0 bridgehead atoms. The van der Waals surface area contributed by atoms with E-state index in [1.54, 1.807) is 0 Å². The van der Waals surface area contributed by atoms with Gasteiger partial charge in [-0.15, -0.1) is 11.8 Å². The summed E-state index contributed by atoms with van der Waals surface area (Å²) in [6, 6.07) is -1.18. The second-order valence-corrected chi connectivity index (χ2v) is 6.00. The van der Waals surface area contributed by atoms with Crippen LogP contribution in [0.2, 0.25) is 0 Å². The van der Waals surface area contributed by atoms with Crippen LogP contribution in [0.25, 0.3) is 0 Å². The van der Waals surface area contributed by atoms with Gasteiger partial charge >= 0.3 is 17.9 Å². The van der Waals surface area contributed by atoms with Gasteiger partial charge in [-0.1, -0.05) is 13.8 Å². The number of carbonyl (C=O) groups is 4. The van der Waals surface area contributed by atoms with Crippen LogP contribution >= 0.6 is 11.8 Å². The van der Waals surface area contributed by atoms with Crippen molar-refractivity contribution in [1.29, 1.82) is 0 Å². The van der Waals surface area contributed by atoms with E-state index in [-0.39, 0.29) is 11.9 Å². The van der Waals surface area contributed by atoms with Gasteiger partial charge in [0.25, 0.3) is 0 Å². The van der Waals surface area contributed by atoms with Gasteiger partial charge < -0.3 is 20.3 Å². The highest BCUT2D eigenvalue weighted by molar-refractivity contribution is 8.00. The van der Waals surface area contributed by atoms with Crippen LogP contribution in [0.15, 0.2) is 0 Å². The fourth-order valence-electron chi connectivity index (χ4n) is 1.56. The third-order valence-corrected chi connectivity index (χ3v) is 4.35. The summed E-state index contributed by atoms with van der Waals surface area (Å²) in [5.41, 5.74) is 5.35. The number of ketones is 1. The van der Waals surface area contributed by atoms with E-state index in [1.807, 2.05) is 13.8 Å². The lowest BCUT2D eigenvalue weighted by atomic mass is 10.2. The van der Waals surface area contributed by atoms with E-state index in [0.717, 1.165) is 18.9 Å². The zero-order valence-corrected chi connectivity index (χ0v) is 14.3. The molecule has 3 N–H and O–H groups in total. The summed E-state index contributed by atoms with van der Waals surface area (Å²) in [4.78, 5) is 45.9. The Morgan fingerprint density at radius 2 is 1.74 bits per heavy atom. The van der Waals surface area contributed by atoms with E-state index in [9.17, 15) is 19.2 Å². The lowest BCUT2D eigenvalue weighted by Gasteiger charge is -2.16. The largest absolute Gasteiger partial charge is 0.480 e. The van der Waals surface area contributed by atoms with E-state index in [0.29, 0.717) is 12.8 Å². The Labute approximate surface area is 139 Å². The average Bonchev–Trinajstić information content (AvgIpc) is 2.54. The van der Waals surface area contributed by atoms with Crippen LogP contribution in [-0.4, -0.2) is 59.1 Å². The van der Waals surface area contributed by atoms with Gasteiger partial charge in [0, 0.05) is 12.2 Å². The number of carbonyl (C=O) groups excluding carboxylic acids is 3. The van der Waals surface area contributed by atoms with E-state index < -0.39 is 41.4 Å². The molecule has 0 aliphatic rings. The van der Waals surface area contributed by atoms with Gasteiger partial charge in [0.2, 0.25) is 5.78 Å². The maximum Gasteiger partial charge on any atom is 0.374 e. The summed E-state index contributed by atoms with van der Waals surface area (Å²) in [5, 5.41) is 7.71. The monoisotopic (exact) mass is 349 g/mol. The van der Waals surface area contributed by atoms with Crippen molar-refractivity contribution >= 4 is 35.5 Å². The zero-order chi connectivity index (χ0) is 18.0. The first-order chi connectivity index (χ1) is 10.8. The summed E-state index contributed by atoms with van der Waals surface area (Å²) in [6.45, 7) is 3.65. The van der Waals surface area contributed by atoms with Crippen molar-refractivity contribution in [2.45, 2.75) is 50.5 Å². The van der Waals surface area contributed by atoms with Crippen LogP contribution in [0.5, 0.6) is 0 Å². The molecule has 0 aromatic rings. The molecule has 0 aliphatic heterocycles. The minimum Gasteiger partial charge on any atom is -0.480 e. The maximum absolute atomic E-state index is 11.9. The highest BCUT2D eigenvalue weighted by Crippen LogP contribution is 2.18. The van der Waals surface area contributed by atoms with E-state index in [4.69, 9.17) is 15.6 Å². The molecule has 132 valence electrons. The molecule has 0 aromatic heterocycles. The molecule has 8 nitrogen and oxygen atoms in total. The Bertz CT molecular complexity index is 437. The number of carboxylic acid groups (broad SMARTS) is 1. The number of ether oxygens (including phenoxy) is 2. The molecule has 0 aromatic carbocycles. The highest BCUT2D eigenvalue weighted by atomic mass is 32.2. The quantitative estimate of drug-likeness (QED) is 0.400. The summed E-state index contributed by atoms with van der Waals surface area (Å²) in [5.74, 6) is -3.90. The minimum atomic E-state index is -1.22. The predicted octanol–water partition coefficient (Wildman–Crippen LogP) is 0.364. The topological polar surface area (TPSA) is 133 Å². The predicted molar refractivity (Wildman–Crippen MR) is 84.0 cm³/mol. The minimum absolute atomic E-state index is 0.0933. The molecular weight excluding hydrogens is 326 g/mol. The molecule has 1 unspecified atom stereocenters. The summed E-state index contributed by atoms with van der Waals surface area (Å²) < 4.78 is 9.58. The Hall–Kier alpha value is -1.61. The molecule has 0 amide bonds. The van der Waals surface area contributed by atoms with Crippen molar-refractivity contribution in [3.05, 3.63) is 0 Å². The SMILES string of the molecule is CCC(CC)OC(=O)C(=O)CC(SC[C@H](N)C(=O)O)C(=O)OC. The molecular formula is C14H23NO7S. The van der Waals surface area contributed by atoms with Gasteiger partial charge in [0.05, 0.1) is 7.11 Å². The highest BCUT2D eigenvalue weighted by Gasteiger charge is 2.29. The van der Waals surface area contributed by atoms with Crippen molar-refractivity contribution in [3.8, 4) is 0 Å². The molecule has 0 saturated heterocycles. The lowest BCUT2D eigenvalue weighted by molar-refractivity contribution is -0.158. The maximum atomic E-state index is 11.9. The van der Waals surface area contributed by atoms with Crippen molar-refractivity contribution < 1.29 is 33.8 Å². The number of Topliss-reactive ketones (excluding diaryl/α,β-unsaturated/α-hetero) is 1. The molecule has 2 atom stereocenters. The Balaban J connectivity index is 4.69. The van der Waals surface area contributed by atoms with Crippen LogP contribution in [0, 0.1) is 0 Å². The third kappa shape index (κ3) is 7.98. The number of esters is 2. The average molecular weight is 349 g/mol. The standard InChI is InChI=1S/C14H23NO7S/c1-4-8(5-2)22-13(19)10(16)6-11(14(20)21-3)23-7-9(15)12(17)18/h8-9,11H,4-7,15H2,1-3H3,(H,17,18)/t9-,11?/m0/s1. The van der Waals surface area contributed by atoms with Gasteiger partial charge in [-0.25, -0.2) is 4.79 Å². The number of hydrogen-bond acceptors (Lipinski definition) is 8. The lowest BCUT2D eigenvalue weighted by Crippen LogP contribution is -2.35. The molecule has 0 rings (SSSR count). The normalized spacial score (nSPS) is 13.3. The molecule has 23 heavy (non-hydrogen) atoms. The molecule has 9 heteroatoms. The van der Waals surface area contributed by atoms with Crippen LogP contribution in [0.3, 0.4) is 0 Å². The Kier molecular flexibility index (Phi) is 10.2. The van der Waals surface area contributed by atoms with Crippen molar-refractivity contribution in [2.24, 2.45) is 5.73 Å². The second kappa shape index (κ2) is 11.0. The van der Waals surface area contributed by atoms with Crippen LogP contribution < -0.4 is 5.73 Å². The number of aliphatic carboxylic acids is 1. The van der Waals surface area contributed by atoms with Gasteiger partial charge in [0.15, 0.2) is 0 Å². The molecule has 0 saturated carbocycles. The van der Waals surface area contributed by atoms with Crippen molar-refractivity contribution in [3.63, 3.8) is 0 Å². The number of thioether (sulfide) groups is 1. The van der Waals surface area contributed by atoms with Crippen LogP contribution in [0.4, 0.5) is 0 Å². The summed E-state index contributed by atoms with van der Waals surface area (Å²) in [7, 11) is 1.14. The molecule has 0 heterocycles. The second-order valence-electron chi connectivity index (χ2n) is 4.76. The first-order valence-electron chi connectivity index (χ1n) is 7.18.